The molecule has 2 aliphatic rings. The first-order valence-electron chi connectivity index (χ1n) is 9.02. The second-order valence-electron chi connectivity index (χ2n) is 7.09. The van der Waals surface area contributed by atoms with Crippen molar-refractivity contribution in [2.75, 3.05) is 52.4 Å². The molecule has 0 bridgehead atoms. The molecule has 12 heteroatoms. The number of rotatable bonds is 2. The Morgan fingerprint density at radius 1 is 0.607 bits per heavy atom. The summed E-state index contributed by atoms with van der Waals surface area (Å²) in [6.07, 6.45) is -8.73. The van der Waals surface area contributed by atoms with Gasteiger partial charge in [-0.1, -0.05) is 0 Å². The molecule has 2 atom stereocenters. The van der Waals surface area contributed by atoms with Gasteiger partial charge in [-0.3, -0.25) is 19.4 Å². The fraction of sp³-hybridized carbons (Fsp3) is 0.875. The summed E-state index contributed by atoms with van der Waals surface area (Å²) in [5.41, 5.74) is 0. The third-order valence-electron chi connectivity index (χ3n) is 5.43. The van der Waals surface area contributed by atoms with Gasteiger partial charge in [0.25, 0.3) is 0 Å². The number of carbonyl (C=O) groups is 2. The summed E-state index contributed by atoms with van der Waals surface area (Å²) in [6.45, 7) is 2.06. The van der Waals surface area contributed by atoms with Gasteiger partial charge in [-0.25, -0.2) is 0 Å². The average Bonchev–Trinajstić information content (AvgIpc) is 2.64. The Balaban J connectivity index is 1.84. The minimum absolute atomic E-state index is 0.00340. The van der Waals surface area contributed by atoms with Crippen molar-refractivity contribution in [2.45, 2.75) is 38.3 Å². The molecule has 0 aromatic carbocycles. The minimum Gasteiger partial charge on any atom is -0.332 e. The van der Waals surface area contributed by atoms with Gasteiger partial charge >= 0.3 is 24.2 Å². The zero-order valence-corrected chi connectivity index (χ0v) is 15.7. The minimum atomic E-state index is -4.37. The predicted molar refractivity (Wildman–Crippen MR) is 87.3 cm³/mol. The molecule has 2 aliphatic heterocycles. The van der Waals surface area contributed by atoms with Crippen molar-refractivity contribution in [3.63, 3.8) is 0 Å². The molecule has 0 spiro atoms. The molecule has 0 saturated carbocycles. The highest BCUT2D eigenvalue weighted by molar-refractivity contribution is 6.34. The Morgan fingerprint density at radius 3 is 1.07 bits per heavy atom. The van der Waals surface area contributed by atoms with Gasteiger partial charge in [-0.2, -0.15) is 26.3 Å². The zero-order chi connectivity index (χ0) is 21.3. The number of hydrogen-bond acceptors (Lipinski definition) is 4. The largest absolute Gasteiger partial charge is 0.403 e. The van der Waals surface area contributed by atoms with E-state index >= 15 is 0 Å². The van der Waals surface area contributed by atoms with Gasteiger partial charge in [0.1, 0.15) is 12.1 Å². The van der Waals surface area contributed by atoms with E-state index in [1.807, 2.05) is 0 Å². The van der Waals surface area contributed by atoms with Crippen LogP contribution in [-0.2, 0) is 9.59 Å². The third-order valence-corrected chi connectivity index (χ3v) is 5.43. The summed E-state index contributed by atoms with van der Waals surface area (Å²) in [4.78, 5) is 29.5. The smallest absolute Gasteiger partial charge is 0.332 e. The highest BCUT2D eigenvalue weighted by Crippen LogP contribution is 2.26. The summed E-state index contributed by atoms with van der Waals surface area (Å²) in [6, 6.07) is -3.27. The van der Waals surface area contributed by atoms with Crippen LogP contribution in [0.1, 0.15) is 13.8 Å². The molecule has 0 N–H and O–H groups in total. The summed E-state index contributed by atoms with van der Waals surface area (Å²) in [5.74, 6) is -1.65. The lowest BCUT2D eigenvalue weighted by Crippen LogP contribution is -2.59. The quantitative estimate of drug-likeness (QED) is 0.499. The van der Waals surface area contributed by atoms with E-state index in [1.165, 1.54) is 19.6 Å². The molecule has 2 saturated heterocycles. The molecule has 0 radical (unpaired) electrons. The second-order valence-corrected chi connectivity index (χ2v) is 7.09. The van der Waals surface area contributed by atoms with E-state index in [0.717, 1.165) is 13.8 Å². The number of alkyl halides is 6. The molecule has 28 heavy (non-hydrogen) atoms. The molecule has 0 aliphatic carbocycles. The number of hydrogen-bond donors (Lipinski definition) is 0. The van der Waals surface area contributed by atoms with Crippen LogP contribution in [0.4, 0.5) is 26.3 Å². The third kappa shape index (κ3) is 5.28. The van der Waals surface area contributed by atoms with Crippen LogP contribution in [0.2, 0.25) is 0 Å². The van der Waals surface area contributed by atoms with Crippen LogP contribution in [0.25, 0.3) is 0 Å². The summed E-state index contributed by atoms with van der Waals surface area (Å²) in [7, 11) is 0. The van der Waals surface area contributed by atoms with Gasteiger partial charge < -0.3 is 9.80 Å². The maximum absolute atomic E-state index is 12.8. The molecule has 2 unspecified atom stereocenters. The second kappa shape index (κ2) is 8.44. The van der Waals surface area contributed by atoms with Crippen molar-refractivity contribution < 1.29 is 35.9 Å². The number of piperazine rings is 2. The monoisotopic (exact) mass is 418 g/mol. The van der Waals surface area contributed by atoms with Crippen molar-refractivity contribution >= 4 is 11.8 Å². The fourth-order valence-electron chi connectivity index (χ4n) is 3.31. The Morgan fingerprint density at radius 2 is 0.857 bits per heavy atom. The molecule has 2 amide bonds. The Kier molecular flexibility index (Phi) is 6.85. The maximum atomic E-state index is 12.8. The predicted octanol–water partition coefficient (Wildman–Crippen LogP) is 1.18. The van der Waals surface area contributed by atoms with Crippen LogP contribution in [0.15, 0.2) is 0 Å². The van der Waals surface area contributed by atoms with Crippen LogP contribution >= 0.6 is 0 Å². The number of carbonyl (C=O) groups excluding carboxylic acids is 2. The van der Waals surface area contributed by atoms with E-state index in [0.29, 0.717) is 0 Å². The van der Waals surface area contributed by atoms with Crippen LogP contribution in [0.5, 0.6) is 0 Å². The SMILES string of the molecule is CC(N1CCN(C(=O)C(=O)N2CCN(C(C)C(F)(F)F)CC2)CC1)C(F)(F)F. The van der Waals surface area contributed by atoms with Gasteiger partial charge in [0.2, 0.25) is 0 Å². The van der Waals surface area contributed by atoms with E-state index in [1.54, 1.807) is 0 Å². The first-order valence-corrected chi connectivity index (χ1v) is 9.02. The Bertz CT molecular complexity index is 516. The van der Waals surface area contributed by atoms with E-state index in [4.69, 9.17) is 0 Å². The molecule has 2 fully saturated rings. The normalized spacial score (nSPS) is 22.9. The van der Waals surface area contributed by atoms with Crippen LogP contribution < -0.4 is 0 Å². The summed E-state index contributed by atoms with van der Waals surface area (Å²) < 4.78 is 76.6. The standard InChI is InChI=1S/C16H24F6N4O2/c1-11(15(17,18)19)23-3-7-25(8-4-23)13(27)14(28)26-9-5-24(6-10-26)12(2)16(20,21)22/h11-12H,3-10H2,1-2H3. The van der Waals surface area contributed by atoms with Gasteiger partial charge in [0.15, 0.2) is 0 Å². The zero-order valence-electron chi connectivity index (χ0n) is 15.7. The first kappa shape index (κ1) is 22.7. The first-order chi connectivity index (χ1) is 12.8. The van der Waals surface area contributed by atoms with Crippen molar-refractivity contribution in [2.24, 2.45) is 0 Å². The van der Waals surface area contributed by atoms with Crippen LogP contribution in [0.3, 0.4) is 0 Å². The fourth-order valence-corrected chi connectivity index (χ4v) is 3.31. The summed E-state index contributed by atoms with van der Waals surface area (Å²) >= 11 is 0. The molecule has 0 aromatic heterocycles. The van der Waals surface area contributed by atoms with E-state index < -0.39 is 36.3 Å². The number of halogens is 6. The maximum Gasteiger partial charge on any atom is 0.403 e. The molecular formula is C16H24F6N4O2. The van der Waals surface area contributed by atoms with Gasteiger partial charge in [-0.05, 0) is 13.8 Å². The Hall–Kier alpha value is -1.56. The molecular weight excluding hydrogens is 394 g/mol. The van der Waals surface area contributed by atoms with Crippen molar-refractivity contribution in [1.82, 2.24) is 19.6 Å². The van der Waals surface area contributed by atoms with Crippen molar-refractivity contribution in [3.8, 4) is 0 Å². The van der Waals surface area contributed by atoms with E-state index in [-0.39, 0.29) is 52.4 Å². The Labute approximate surface area is 159 Å². The summed E-state index contributed by atoms with van der Waals surface area (Å²) in [5, 5.41) is 0. The van der Waals surface area contributed by atoms with Gasteiger partial charge in [0.05, 0.1) is 0 Å². The van der Waals surface area contributed by atoms with Crippen LogP contribution in [-0.4, -0.2) is 108 Å². The molecule has 0 aromatic rings. The van der Waals surface area contributed by atoms with E-state index in [9.17, 15) is 35.9 Å². The van der Waals surface area contributed by atoms with Gasteiger partial charge in [0, 0.05) is 52.4 Å². The molecule has 162 valence electrons. The lowest BCUT2D eigenvalue weighted by atomic mass is 10.2. The molecule has 2 heterocycles. The van der Waals surface area contributed by atoms with Crippen molar-refractivity contribution in [1.29, 1.82) is 0 Å². The van der Waals surface area contributed by atoms with Crippen LogP contribution in [0, 0.1) is 0 Å². The number of nitrogens with zero attached hydrogens (tertiary/aromatic N) is 4. The topological polar surface area (TPSA) is 47.1 Å². The molecule has 2 rings (SSSR count). The highest BCUT2D eigenvalue weighted by atomic mass is 19.4. The highest BCUT2D eigenvalue weighted by Gasteiger charge is 2.43. The molecule has 6 nitrogen and oxygen atoms in total. The number of amides is 2. The lowest BCUT2D eigenvalue weighted by molar-refractivity contribution is -0.185. The lowest BCUT2D eigenvalue weighted by Gasteiger charge is -2.40. The van der Waals surface area contributed by atoms with Crippen molar-refractivity contribution in [3.05, 3.63) is 0 Å². The van der Waals surface area contributed by atoms with E-state index in [2.05, 4.69) is 0 Å². The average molecular weight is 418 g/mol. The van der Waals surface area contributed by atoms with Gasteiger partial charge in [-0.15, -0.1) is 0 Å².